The summed E-state index contributed by atoms with van der Waals surface area (Å²) in [5, 5.41) is 7.62. The molecule has 6 heteroatoms. The van der Waals surface area contributed by atoms with E-state index in [2.05, 4.69) is 0 Å². The maximum Gasteiger partial charge on any atom is 0.329 e. The van der Waals surface area contributed by atoms with Gasteiger partial charge in [0, 0.05) is 6.08 Å². The van der Waals surface area contributed by atoms with Gasteiger partial charge in [0.15, 0.2) is 4.84 Å². The predicted octanol–water partition coefficient (Wildman–Crippen LogP) is 1.57. The molecule has 0 aromatic rings. The van der Waals surface area contributed by atoms with E-state index in [4.69, 9.17) is 39.9 Å². The molecule has 0 aliphatic heterocycles. The molecule has 0 spiro atoms. The van der Waals surface area contributed by atoms with Crippen LogP contribution < -0.4 is 0 Å². The van der Waals surface area contributed by atoms with Gasteiger partial charge in [0.25, 0.3) is 0 Å². The lowest BCUT2D eigenvalue weighted by Gasteiger charge is -1.95. The van der Waals surface area contributed by atoms with Crippen molar-refractivity contribution in [3.05, 3.63) is 11.1 Å². The molecular formula is C5H3Cl3O3. The van der Waals surface area contributed by atoms with Crippen molar-refractivity contribution in [2.75, 3.05) is 0 Å². The lowest BCUT2D eigenvalue weighted by Crippen LogP contribution is -2.08. The minimum atomic E-state index is -1.32. The first-order valence-corrected chi connectivity index (χ1v) is 3.62. The molecule has 0 saturated carbocycles. The number of alkyl halides is 2. The van der Waals surface area contributed by atoms with Gasteiger partial charge < -0.3 is 5.11 Å². The molecule has 62 valence electrons. The zero-order valence-electron chi connectivity index (χ0n) is 5.05. The van der Waals surface area contributed by atoms with E-state index in [1.165, 1.54) is 0 Å². The number of carbonyl (C=O) groups excluding carboxylic acids is 1. The van der Waals surface area contributed by atoms with Gasteiger partial charge in [-0.2, -0.15) is 0 Å². The van der Waals surface area contributed by atoms with Crippen LogP contribution in [0.25, 0.3) is 0 Å². The Morgan fingerprint density at radius 2 is 1.82 bits per heavy atom. The number of carbonyl (C=O) groups is 2. The number of ketones is 1. The van der Waals surface area contributed by atoms with E-state index in [1.807, 2.05) is 0 Å². The van der Waals surface area contributed by atoms with Crippen LogP contribution in [-0.4, -0.2) is 21.7 Å². The highest BCUT2D eigenvalue weighted by atomic mass is 35.5. The predicted molar refractivity (Wildman–Crippen MR) is 42.1 cm³/mol. The molecule has 0 heterocycles. The average Bonchev–Trinajstić information content (AvgIpc) is 1.84. The van der Waals surface area contributed by atoms with Crippen molar-refractivity contribution in [2.24, 2.45) is 0 Å². The monoisotopic (exact) mass is 216 g/mol. The Hall–Kier alpha value is -0.250. The Bertz CT molecular complexity index is 209. The number of aliphatic carboxylic acids is 1. The van der Waals surface area contributed by atoms with E-state index in [-0.39, 0.29) is 0 Å². The maximum atomic E-state index is 10.7. The van der Waals surface area contributed by atoms with Crippen LogP contribution in [-0.2, 0) is 9.59 Å². The minimum Gasteiger partial charge on any atom is -0.478 e. The summed E-state index contributed by atoms with van der Waals surface area (Å²) in [6.07, 6.45) is 0.529. The molecule has 0 aliphatic rings. The molecule has 0 unspecified atom stereocenters. The van der Waals surface area contributed by atoms with Crippen LogP contribution >= 0.6 is 34.8 Å². The van der Waals surface area contributed by atoms with E-state index in [9.17, 15) is 9.59 Å². The van der Waals surface area contributed by atoms with Crippen LogP contribution in [0.1, 0.15) is 0 Å². The van der Waals surface area contributed by atoms with Gasteiger partial charge in [0.2, 0.25) is 5.78 Å². The van der Waals surface area contributed by atoms with Gasteiger partial charge in [-0.1, -0.05) is 34.8 Å². The summed E-state index contributed by atoms with van der Waals surface area (Å²) >= 11 is 15.4. The minimum absolute atomic E-state index is 0.493. The SMILES string of the molecule is O=C(O)/C=C(\Cl)C(=O)C(Cl)Cl. The van der Waals surface area contributed by atoms with Crippen molar-refractivity contribution in [3.8, 4) is 0 Å². The molecule has 0 bridgehead atoms. The van der Waals surface area contributed by atoms with Crippen molar-refractivity contribution in [1.82, 2.24) is 0 Å². The second-order valence-electron chi connectivity index (χ2n) is 1.50. The third-order valence-corrected chi connectivity index (χ3v) is 1.38. The number of hydrogen-bond donors (Lipinski definition) is 1. The average molecular weight is 217 g/mol. The third kappa shape index (κ3) is 4.24. The summed E-state index contributed by atoms with van der Waals surface area (Å²) in [7, 11) is 0. The van der Waals surface area contributed by atoms with Crippen LogP contribution in [0.15, 0.2) is 11.1 Å². The fraction of sp³-hybridized carbons (Fsp3) is 0.200. The Balaban J connectivity index is 4.36. The summed E-state index contributed by atoms with van der Waals surface area (Å²) in [4.78, 5) is 19.3. The number of Topliss-reactive ketones (excluding diaryl/α,β-unsaturated/α-hetero) is 1. The Labute approximate surface area is 77.5 Å². The van der Waals surface area contributed by atoms with Gasteiger partial charge in [0.05, 0.1) is 5.03 Å². The van der Waals surface area contributed by atoms with Gasteiger partial charge in [-0.15, -0.1) is 0 Å². The normalized spacial score (nSPS) is 11.8. The van der Waals surface area contributed by atoms with Crippen molar-refractivity contribution < 1.29 is 14.7 Å². The first kappa shape index (κ1) is 10.8. The topological polar surface area (TPSA) is 54.4 Å². The number of carboxylic acids is 1. The van der Waals surface area contributed by atoms with E-state index < -0.39 is 21.6 Å². The summed E-state index contributed by atoms with van der Waals surface area (Å²) < 4.78 is 0. The van der Waals surface area contributed by atoms with Crippen LogP contribution in [0.4, 0.5) is 0 Å². The third-order valence-electron chi connectivity index (χ3n) is 0.684. The number of hydrogen-bond acceptors (Lipinski definition) is 2. The zero-order chi connectivity index (χ0) is 9.02. The highest BCUT2D eigenvalue weighted by Gasteiger charge is 2.15. The second-order valence-corrected chi connectivity index (χ2v) is 3.00. The lowest BCUT2D eigenvalue weighted by atomic mass is 10.4. The molecule has 0 aliphatic carbocycles. The number of rotatable bonds is 3. The molecular weight excluding hydrogens is 214 g/mol. The largest absolute Gasteiger partial charge is 0.478 e. The first-order valence-electron chi connectivity index (χ1n) is 2.37. The molecule has 0 amide bonds. The van der Waals surface area contributed by atoms with Gasteiger partial charge in [0.1, 0.15) is 0 Å². The van der Waals surface area contributed by atoms with E-state index in [1.54, 1.807) is 0 Å². The fourth-order valence-electron chi connectivity index (χ4n) is 0.284. The number of halogens is 3. The summed E-state index contributed by atoms with van der Waals surface area (Å²) in [6, 6.07) is 0. The standard InChI is InChI=1S/C5H3Cl3O3/c6-2(1-3(9)10)4(11)5(7)8/h1,5H,(H,9,10)/b2-1-. The quantitative estimate of drug-likeness (QED) is 0.577. The molecule has 0 saturated heterocycles. The molecule has 11 heavy (non-hydrogen) atoms. The summed E-state index contributed by atoms with van der Waals surface area (Å²) in [5.74, 6) is -2.14. The highest BCUT2D eigenvalue weighted by molar-refractivity contribution is 6.60. The molecule has 0 aromatic carbocycles. The van der Waals surface area contributed by atoms with Gasteiger partial charge in [-0.25, -0.2) is 4.79 Å². The lowest BCUT2D eigenvalue weighted by molar-refractivity contribution is -0.131. The van der Waals surface area contributed by atoms with E-state index >= 15 is 0 Å². The van der Waals surface area contributed by atoms with Gasteiger partial charge in [-0.05, 0) is 0 Å². The smallest absolute Gasteiger partial charge is 0.329 e. The molecule has 0 rings (SSSR count). The summed E-state index contributed by atoms with van der Waals surface area (Å²) in [5.41, 5.74) is 0. The van der Waals surface area contributed by atoms with Crippen LogP contribution in [0.2, 0.25) is 0 Å². The Kier molecular flexibility index (Phi) is 4.49. The van der Waals surface area contributed by atoms with Crippen LogP contribution in [0, 0.1) is 0 Å². The Morgan fingerprint density at radius 3 is 2.09 bits per heavy atom. The van der Waals surface area contributed by atoms with Crippen molar-refractivity contribution in [3.63, 3.8) is 0 Å². The van der Waals surface area contributed by atoms with Crippen molar-refractivity contribution in [1.29, 1.82) is 0 Å². The number of allylic oxidation sites excluding steroid dienone is 1. The van der Waals surface area contributed by atoms with E-state index in [0.29, 0.717) is 6.08 Å². The first-order chi connectivity index (χ1) is 4.95. The second kappa shape index (κ2) is 4.59. The fourth-order valence-corrected chi connectivity index (χ4v) is 0.833. The maximum absolute atomic E-state index is 10.7. The van der Waals surface area contributed by atoms with Crippen LogP contribution in [0.3, 0.4) is 0 Å². The molecule has 3 nitrogen and oxygen atoms in total. The zero-order valence-corrected chi connectivity index (χ0v) is 7.32. The van der Waals surface area contributed by atoms with Gasteiger partial charge in [-0.3, -0.25) is 4.79 Å². The summed E-state index contributed by atoms with van der Waals surface area (Å²) in [6.45, 7) is 0. The molecule has 0 aromatic heterocycles. The van der Waals surface area contributed by atoms with Crippen molar-refractivity contribution >= 4 is 46.6 Å². The molecule has 0 radical (unpaired) electrons. The molecule has 0 atom stereocenters. The van der Waals surface area contributed by atoms with E-state index in [0.717, 1.165) is 0 Å². The highest BCUT2D eigenvalue weighted by Crippen LogP contribution is 2.13. The molecule has 1 N–H and O–H groups in total. The van der Waals surface area contributed by atoms with Crippen LogP contribution in [0.5, 0.6) is 0 Å². The Morgan fingerprint density at radius 1 is 1.36 bits per heavy atom. The number of carboxylic acid groups (broad SMARTS) is 1. The van der Waals surface area contributed by atoms with Gasteiger partial charge >= 0.3 is 5.97 Å². The molecule has 0 fully saturated rings. The van der Waals surface area contributed by atoms with Crippen molar-refractivity contribution in [2.45, 2.75) is 4.84 Å².